The molecule has 1 saturated heterocycles. The van der Waals surface area contributed by atoms with Crippen molar-refractivity contribution in [3.05, 3.63) is 59.7 Å². The molecule has 2 aromatic carbocycles. The molecule has 0 amide bonds. The summed E-state index contributed by atoms with van der Waals surface area (Å²) in [5.41, 5.74) is 2.84. The molecule has 0 aromatic heterocycles. The first-order valence-electron chi connectivity index (χ1n) is 11.6. The normalized spacial score (nSPS) is 23.3. The van der Waals surface area contributed by atoms with Gasteiger partial charge in [-0.15, -0.1) is 0 Å². The molecule has 1 aliphatic carbocycles. The van der Waals surface area contributed by atoms with Crippen LogP contribution in [0.4, 0.5) is 0 Å². The molecule has 162 valence electrons. The number of hydrogen-bond acceptors (Lipinski definition) is 4. The van der Waals surface area contributed by atoms with Crippen LogP contribution in [0.2, 0.25) is 0 Å². The Morgan fingerprint density at radius 3 is 2.27 bits per heavy atom. The highest BCUT2D eigenvalue weighted by Crippen LogP contribution is 2.35. The van der Waals surface area contributed by atoms with E-state index in [1.165, 1.54) is 49.9 Å². The molecule has 0 radical (unpaired) electrons. The smallest absolute Gasteiger partial charge is 0.161 e. The highest BCUT2D eigenvalue weighted by atomic mass is 16.5. The van der Waals surface area contributed by atoms with E-state index in [1.54, 1.807) is 7.11 Å². The summed E-state index contributed by atoms with van der Waals surface area (Å²) < 4.78 is 11.2. The molecule has 2 aliphatic rings. The summed E-state index contributed by atoms with van der Waals surface area (Å²) in [6.07, 6.45) is 5.35. The lowest BCUT2D eigenvalue weighted by atomic mass is 9.81. The summed E-state index contributed by atoms with van der Waals surface area (Å²) in [7, 11) is 1.70. The van der Waals surface area contributed by atoms with Gasteiger partial charge in [0, 0.05) is 38.8 Å². The molecule has 1 heterocycles. The van der Waals surface area contributed by atoms with Crippen molar-refractivity contribution >= 4 is 0 Å². The molecule has 0 unspecified atom stereocenters. The van der Waals surface area contributed by atoms with Crippen molar-refractivity contribution in [2.75, 3.05) is 39.9 Å². The summed E-state index contributed by atoms with van der Waals surface area (Å²) in [6.45, 7) is 8.33. The van der Waals surface area contributed by atoms with Crippen LogP contribution in [0.15, 0.2) is 48.5 Å². The molecular formula is C26H36N2O2. The molecule has 1 aliphatic heterocycles. The van der Waals surface area contributed by atoms with Gasteiger partial charge in [-0.2, -0.15) is 0 Å². The zero-order valence-corrected chi connectivity index (χ0v) is 18.6. The SMILES string of the molecule is CCOc1cc(CN2CCN(C3CCC(c4ccccc4)CC3)CC2)ccc1OC. The van der Waals surface area contributed by atoms with Crippen LogP contribution in [0.5, 0.6) is 11.5 Å². The molecule has 4 nitrogen and oxygen atoms in total. The first-order chi connectivity index (χ1) is 14.8. The third-order valence-corrected chi connectivity index (χ3v) is 6.83. The van der Waals surface area contributed by atoms with Gasteiger partial charge in [0.1, 0.15) is 0 Å². The van der Waals surface area contributed by atoms with Gasteiger partial charge in [-0.05, 0) is 61.8 Å². The minimum absolute atomic E-state index is 0.658. The molecule has 0 N–H and O–H groups in total. The molecule has 0 spiro atoms. The standard InChI is InChI=1S/C26H36N2O2/c1-3-30-26-19-21(9-14-25(26)29-2)20-27-15-17-28(18-16-27)24-12-10-23(11-13-24)22-7-5-4-6-8-22/h4-9,14,19,23-24H,3,10-13,15-18,20H2,1-2H3. The van der Waals surface area contributed by atoms with Crippen LogP contribution >= 0.6 is 0 Å². The van der Waals surface area contributed by atoms with Crippen molar-refractivity contribution in [3.8, 4) is 11.5 Å². The molecular weight excluding hydrogens is 372 g/mol. The Bertz CT molecular complexity index is 779. The van der Waals surface area contributed by atoms with Crippen LogP contribution in [0, 0.1) is 0 Å². The maximum absolute atomic E-state index is 5.74. The summed E-state index contributed by atoms with van der Waals surface area (Å²) in [6, 6.07) is 18.2. The lowest BCUT2D eigenvalue weighted by molar-refractivity contribution is 0.0726. The Kier molecular flexibility index (Phi) is 7.29. The number of benzene rings is 2. The molecule has 0 bridgehead atoms. The van der Waals surface area contributed by atoms with Crippen molar-refractivity contribution in [1.29, 1.82) is 0 Å². The lowest BCUT2D eigenvalue weighted by Crippen LogP contribution is -2.50. The monoisotopic (exact) mass is 408 g/mol. The number of methoxy groups -OCH3 is 1. The second kappa shape index (κ2) is 10.3. The Hall–Kier alpha value is -2.04. The van der Waals surface area contributed by atoms with Crippen LogP contribution < -0.4 is 9.47 Å². The summed E-state index contributed by atoms with van der Waals surface area (Å²) >= 11 is 0. The minimum Gasteiger partial charge on any atom is -0.493 e. The van der Waals surface area contributed by atoms with Gasteiger partial charge >= 0.3 is 0 Å². The number of hydrogen-bond donors (Lipinski definition) is 0. The van der Waals surface area contributed by atoms with Gasteiger partial charge in [-0.25, -0.2) is 0 Å². The Balaban J connectivity index is 1.25. The third-order valence-electron chi connectivity index (χ3n) is 6.83. The average molecular weight is 409 g/mol. The maximum Gasteiger partial charge on any atom is 0.161 e. The highest BCUT2D eigenvalue weighted by molar-refractivity contribution is 5.43. The van der Waals surface area contributed by atoms with Crippen molar-refractivity contribution in [1.82, 2.24) is 9.80 Å². The summed E-state index contributed by atoms with van der Waals surface area (Å²) in [5.74, 6) is 2.43. The second-order valence-corrected chi connectivity index (χ2v) is 8.65. The molecule has 2 aromatic rings. The lowest BCUT2D eigenvalue weighted by Gasteiger charge is -2.42. The minimum atomic E-state index is 0.658. The van der Waals surface area contributed by atoms with Gasteiger partial charge in [0.25, 0.3) is 0 Å². The van der Waals surface area contributed by atoms with E-state index in [9.17, 15) is 0 Å². The predicted molar refractivity (Wildman–Crippen MR) is 122 cm³/mol. The molecule has 4 rings (SSSR count). The van der Waals surface area contributed by atoms with Crippen molar-refractivity contribution in [2.45, 2.75) is 51.1 Å². The Morgan fingerprint density at radius 1 is 0.867 bits per heavy atom. The summed E-state index contributed by atoms with van der Waals surface area (Å²) in [5, 5.41) is 0. The molecule has 1 saturated carbocycles. The van der Waals surface area contributed by atoms with Crippen LogP contribution in [-0.4, -0.2) is 55.7 Å². The van der Waals surface area contributed by atoms with Gasteiger partial charge < -0.3 is 9.47 Å². The predicted octanol–water partition coefficient (Wildman–Crippen LogP) is 4.94. The van der Waals surface area contributed by atoms with Gasteiger partial charge in [0.05, 0.1) is 13.7 Å². The Morgan fingerprint density at radius 2 is 1.60 bits per heavy atom. The zero-order chi connectivity index (χ0) is 20.8. The zero-order valence-electron chi connectivity index (χ0n) is 18.6. The maximum atomic E-state index is 5.74. The van der Waals surface area contributed by atoms with Gasteiger partial charge in [0.15, 0.2) is 11.5 Å². The van der Waals surface area contributed by atoms with E-state index >= 15 is 0 Å². The van der Waals surface area contributed by atoms with Crippen LogP contribution in [0.25, 0.3) is 0 Å². The van der Waals surface area contributed by atoms with Crippen LogP contribution in [-0.2, 0) is 6.54 Å². The van der Waals surface area contributed by atoms with E-state index in [4.69, 9.17) is 9.47 Å². The van der Waals surface area contributed by atoms with E-state index in [1.807, 2.05) is 13.0 Å². The number of ether oxygens (including phenoxy) is 2. The largest absolute Gasteiger partial charge is 0.493 e. The van der Waals surface area contributed by atoms with E-state index in [-0.39, 0.29) is 0 Å². The van der Waals surface area contributed by atoms with Crippen LogP contribution in [0.1, 0.15) is 49.7 Å². The fraction of sp³-hybridized carbons (Fsp3) is 0.538. The van der Waals surface area contributed by atoms with Gasteiger partial charge in [-0.1, -0.05) is 36.4 Å². The first-order valence-corrected chi connectivity index (χ1v) is 11.6. The molecule has 2 fully saturated rings. The Labute approximate surface area is 181 Å². The average Bonchev–Trinajstić information content (AvgIpc) is 2.81. The van der Waals surface area contributed by atoms with Gasteiger partial charge in [0.2, 0.25) is 0 Å². The first kappa shape index (κ1) is 21.2. The third kappa shape index (κ3) is 5.16. The summed E-state index contributed by atoms with van der Waals surface area (Å²) in [4.78, 5) is 5.32. The van der Waals surface area contributed by atoms with E-state index < -0.39 is 0 Å². The quantitative estimate of drug-likeness (QED) is 0.648. The fourth-order valence-corrected chi connectivity index (χ4v) is 5.13. The van der Waals surface area contributed by atoms with Gasteiger partial charge in [-0.3, -0.25) is 9.80 Å². The second-order valence-electron chi connectivity index (χ2n) is 8.65. The van der Waals surface area contributed by atoms with E-state index in [0.29, 0.717) is 6.61 Å². The van der Waals surface area contributed by atoms with Crippen molar-refractivity contribution in [2.24, 2.45) is 0 Å². The topological polar surface area (TPSA) is 24.9 Å². The van der Waals surface area contributed by atoms with E-state index in [2.05, 4.69) is 52.3 Å². The number of rotatable bonds is 7. The number of piperazine rings is 1. The van der Waals surface area contributed by atoms with Crippen molar-refractivity contribution < 1.29 is 9.47 Å². The molecule has 30 heavy (non-hydrogen) atoms. The highest BCUT2D eigenvalue weighted by Gasteiger charge is 2.28. The fourth-order valence-electron chi connectivity index (χ4n) is 5.13. The molecule has 0 atom stereocenters. The van der Waals surface area contributed by atoms with E-state index in [0.717, 1.165) is 43.1 Å². The van der Waals surface area contributed by atoms with Crippen molar-refractivity contribution in [3.63, 3.8) is 0 Å². The van der Waals surface area contributed by atoms with Crippen LogP contribution in [0.3, 0.4) is 0 Å². The number of nitrogens with zero attached hydrogens (tertiary/aromatic N) is 2. The molecule has 4 heteroatoms.